The first kappa shape index (κ1) is 13.0. The van der Waals surface area contributed by atoms with Gasteiger partial charge in [0.2, 0.25) is 0 Å². The van der Waals surface area contributed by atoms with Gasteiger partial charge < -0.3 is 10.6 Å². The maximum Gasteiger partial charge on any atom is 0.191 e. The van der Waals surface area contributed by atoms with Crippen molar-refractivity contribution in [3.63, 3.8) is 0 Å². The van der Waals surface area contributed by atoms with Crippen molar-refractivity contribution < 1.29 is 0 Å². The largest absolute Gasteiger partial charge is 0.353 e. The highest BCUT2D eigenvalue weighted by molar-refractivity contribution is 6.30. The Hall–Kier alpha value is -1.48. The first-order valence-electron chi connectivity index (χ1n) is 6.08. The van der Waals surface area contributed by atoms with E-state index in [-0.39, 0.29) is 0 Å². The maximum absolute atomic E-state index is 6.00. The summed E-state index contributed by atoms with van der Waals surface area (Å²) in [6, 6.07) is 8.50. The van der Waals surface area contributed by atoms with Gasteiger partial charge in [0.05, 0.1) is 0 Å². The molecule has 1 aromatic carbocycles. The summed E-state index contributed by atoms with van der Waals surface area (Å²) in [6.45, 7) is 4.39. The molecule has 4 heteroatoms. The number of guanidine groups is 1. The minimum absolute atomic E-state index is 0.444. The molecule has 0 aromatic heterocycles. The number of nitrogens with one attached hydrogen (secondary N) is 2. The molecule has 1 fully saturated rings. The van der Waals surface area contributed by atoms with E-state index in [0.29, 0.717) is 18.5 Å². The average molecular weight is 264 g/mol. The van der Waals surface area contributed by atoms with Crippen LogP contribution in [0.4, 0.5) is 0 Å². The van der Waals surface area contributed by atoms with Crippen LogP contribution in [0.3, 0.4) is 0 Å². The van der Waals surface area contributed by atoms with Crippen LogP contribution in [0.1, 0.15) is 17.9 Å². The lowest BCUT2D eigenvalue weighted by Crippen LogP contribution is -2.38. The van der Waals surface area contributed by atoms with Gasteiger partial charge in [0, 0.05) is 30.6 Å². The minimum Gasteiger partial charge on any atom is -0.353 e. The molecule has 0 amide bonds. The van der Waals surface area contributed by atoms with E-state index in [1.807, 2.05) is 24.3 Å². The Labute approximate surface area is 113 Å². The summed E-state index contributed by atoms with van der Waals surface area (Å²) >= 11 is 6.00. The summed E-state index contributed by atoms with van der Waals surface area (Å²) < 4.78 is 0. The molecule has 2 unspecified atom stereocenters. The van der Waals surface area contributed by atoms with E-state index in [1.54, 1.807) is 7.05 Å². The second-order valence-electron chi connectivity index (χ2n) is 4.39. The Morgan fingerprint density at radius 3 is 3.11 bits per heavy atom. The van der Waals surface area contributed by atoms with Crippen molar-refractivity contribution in [3.05, 3.63) is 47.5 Å². The van der Waals surface area contributed by atoms with Crippen LogP contribution >= 0.6 is 11.6 Å². The van der Waals surface area contributed by atoms with Crippen molar-refractivity contribution in [2.75, 3.05) is 13.6 Å². The molecule has 96 valence electrons. The summed E-state index contributed by atoms with van der Waals surface area (Å²) in [6.07, 6.45) is 2.93. The Bertz CT molecular complexity index is 456. The normalized spacial score (nSPS) is 22.4. The van der Waals surface area contributed by atoms with Crippen LogP contribution in [0, 0.1) is 0 Å². The Morgan fingerprint density at radius 1 is 1.61 bits per heavy atom. The first-order valence-corrected chi connectivity index (χ1v) is 6.46. The Balaban J connectivity index is 1.89. The van der Waals surface area contributed by atoms with Crippen molar-refractivity contribution in [1.29, 1.82) is 0 Å². The van der Waals surface area contributed by atoms with Crippen LogP contribution in [0.5, 0.6) is 0 Å². The smallest absolute Gasteiger partial charge is 0.191 e. The van der Waals surface area contributed by atoms with Gasteiger partial charge in [-0.2, -0.15) is 0 Å². The third kappa shape index (κ3) is 3.26. The predicted molar refractivity (Wildman–Crippen MR) is 77.3 cm³/mol. The zero-order valence-corrected chi connectivity index (χ0v) is 11.2. The third-order valence-corrected chi connectivity index (χ3v) is 3.26. The summed E-state index contributed by atoms with van der Waals surface area (Å²) in [5.74, 6) is 1.36. The van der Waals surface area contributed by atoms with Crippen molar-refractivity contribution in [2.45, 2.75) is 18.4 Å². The highest BCUT2D eigenvalue weighted by Crippen LogP contribution is 2.41. The van der Waals surface area contributed by atoms with Crippen LogP contribution < -0.4 is 10.6 Å². The topological polar surface area (TPSA) is 36.4 Å². The second-order valence-corrected chi connectivity index (χ2v) is 4.83. The molecule has 1 aromatic rings. The fourth-order valence-corrected chi connectivity index (χ4v) is 2.20. The fourth-order valence-electron chi connectivity index (χ4n) is 2.00. The number of hydrogen-bond donors (Lipinski definition) is 2. The van der Waals surface area contributed by atoms with Crippen molar-refractivity contribution in [3.8, 4) is 0 Å². The zero-order valence-electron chi connectivity index (χ0n) is 10.5. The second kappa shape index (κ2) is 5.91. The Kier molecular flexibility index (Phi) is 4.26. The summed E-state index contributed by atoms with van der Waals surface area (Å²) in [5, 5.41) is 7.36. The van der Waals surface area contributed by atoms with Crippen LogP contribution in [0.25, 0.3) is 0 Å². The number of nitrogens with zero attached hydrogens (tertiary/aromatic N) is 1. The first-order chi connectivity index (χ1) is 8.74. The van der Waals surface area contributed by atoms with Gasteiger partial charge in [-0.3, -0.25) is 4.99 Å². The van der Waals surface area contributed by atoms with Gasteiger partial charge in [-0.05, 0) is 24.1 Å². The van der Waals surface area contributed by atoms with Gasteiger partial charge in [-0.25, -0.2) is 0 Å². The molecule has 0 aliphatic heterocycles. The highest BCUT2D eigenvalue weighted by atomic mass is 35.5. The monoisotopic (exact) mass is 263 g/mol. The molecule has 2 rings (SSSR count). The quantitative estimate of drug-likeness (QED) is 0.498. The summed E-state index contributed by atoms with van der Waals surface area (Å²) in [5.41, 5.74) is 1.29. The lowest BCUT2D eigenvalue weighted by molar-refractivity contribution is 0.818. The molecule has 1 saturated carbocycles. The van der Waals surface area contributed by atoms with Crippen molar-refractivity contribution in [1.82, 2.24) is 10.6 Å². The van der Waals surface area contributed by atoms with E-state index < -0.39 is 0 Å². The molecule has 2 N–H and O–H groups in total. The van der Waals surface area contributed by atoms with E-state index in [4.69, 9.17) is 11.6 Å². The van der Waals surface area contributed by atoms with Crippen LogP contribution in [-0.2, 0) is 0 Å². The van der Waals surface area contributed by atoms with Gasteiger partial charge >= 0.3 is 0 Å². The van der Waals surface area contributed by atoms with E-state index in [2.05, 4.69) is 28.3 Å². The number of hydrogen-bond acceptors (Lipinski definition) is 1. The molecule has 0 saturated heterocycles. The standard InChI is InChI=1S/C14H18ClN3/c1-3-7-17-14(16-2)18-13-9-12(13)10-5-4-6-11(15)8-10/h3-6,8,12-13H,1,7,9H2,2H3,(H2,16,17,18). The summed E-state index contributed by atoms with van der Waals surface area (Å²) in [7, 11) is 1.77. The van der Waals surface area contributed by atoms with Crippen LogP contribution in [0.15, 0.2) is 41.9 Å². The third-order valence-electron chi connectivity index (χ3n) is 3.03. The van der Waals surface area contributed by atoms with Gasteiger partial charge in [0.15, 0.2) is 5.96 Å². The lowest BCUT2D eigenvalue weighted by atomic mass is 10.1. The molecule has 1 aliphatic carbocycles. The fraction of sp³-hybridized carbons (Fsp3) is 0.357. The van der Waals surface area contributed by atoms with Crippen molar-refractivity contribution >= 4 is 17.6 Å². The van der Waals surface area contributed by atoms with E-state index in [9.17, 15) is 0 Å². The molecule has 3 nitrogen and oxygen atoms in total. The van der Waals surface area contributed by atoms with E-state index >= 15 is 0 Å². The highest BCUT2D eigenvalue weighted by Gasteiger charge is 2.38. The molecule has 0 bridgehead atoms. The molecule has 0 heterocycles. The molecule has 0 radical (unpaired) electrons. The maximum atomic E-state index is 6.00. The number of benzene rings is 1. The molecule has 0 spiro atoms. The number of aliphatic imine (C=N–C) groups is 1. The van der Waals surface area contributed by atoms with Gasteiger partial charge in [-0.15, -0.1) is 6.58 Å². The SMILES string of the molecule is C=CCNC(=NC)NC1CC1c1cccc(Cl)c1. The molecule has 18 heavy (non-hydrogen) atoms. The molecule has 1 aliphatic rings. The van der Waals surface area contributed by atoms with Gasteiger partial charge in [-0.1, -0.05) is 29.8 Å². The predicted octanol–water partition coefficient (Wildman–Crippen LogP) is 2.55. The summed E-state index contributed by atoms with van der Waals surface area (Å²) in [4.78, 5) is 4.17. The molecular weight excluding hydrogens is 246 g/mol. The van der Waals surface area contributed by atoms with E-state index in [1.165, 1.54) is 5.56 Å². The van der Waals surface area contributed by atoms with Crippen molar-refractivity contribution in [2.24, 2.45) is 4.99 Å². The molecule has 2 atom stereocenters. The number of halogens is 1. The minimum atomic E-state index is 0.444. The Morgan fingerprint density at radius 2 is 2.44 bits per heavy atom. The molecular formula is C14H18ClN3. The van der Waals surface area contributed by atoms with Gasteiger partial charge in [0.1, 0.15) is 0 Å². The van der Waals surface area contributed by atoms with Crippen LogP contribution in [0.2, 0.25) is 5.02 Å². The van der Waals surface area contributed by atoms with Gasteiger partial charge in [0.25, 0.3) is 0 Å². The van der Waals surface area contributed by atoms with E-state index in [0.717, 1.165) is 17.4 Å². The number of rotatable bonds is 4. The lowest BCUT2D eigenvalue weighted by Gasteiger charge is -2.10. The average Bonchev–Trinajstić information content (AvgIpc) is 3.13. The zero-order chi connectivity index (χ0) is 13.0. The van der Waals surface area contributed by atoms with Crippen LogP contribution in [-0.4, -0.2) is 25.6 Å².